The molecule has 3 heterocycles. The Labute approximate surface area is 265 Å². The lowest BCUT2D eigenvalue weighted by Gasteiger charge is -2.37. The standard InChI is InChI=1S/C36H48FNO7/c1-22(20-37)24-4-6-26(7-5-24)35(40)38-15-13-30(25-8-10-28(42-2)11-9-25)34(38)31(39)18-23-3-12-32-27(17-23)19-33(45-32)36(41)44-29-14-16-43-21-29/h3,12,17,19,22,24-26,28-30,34H,4-11,13-16,18,20-21H2,1-2H3/t22-,24?,25?,26?,28?,29?,30+,34+/m1/s1. The van der Waals surface area contributed by atoms with Gasteiger partial charge in [-0.3, -0.25) is 14.0 Å². The van der Waals surface area contributed by atoms with Crippen molar-refractivity contribution in [2.45, 2.75) is 95.8 Å². The van der Waals surface area contributed by atoms with Crippen LogP contribution in [0.25, 0.3) is 11.0 Å². The van der Waals surface area contributed by atoms with Crippen LogP contribution in [0.3, 0.4) is 0 Å². The molecule has 45 heavy (non-hydrogen) atoms. The summed E-state index contributed by atoms with van der Waals surface area (Å²) in [6.07, 6.45) is 8.99. The van der Waals surface area contributed by atoms with Gasteiger partial charge in [-0.15, -0.1) is 0 Å². The second-order valence-electron chi connectivity index (χ2n) is 14.0. The first kappa shape index (κ1) is 32.2. The third kappa shape index (κ3) is 7.14. The van der Waals surface area contributed by atoms with E-state index in [9.17, 15) is 18.8 Å². The monoisotopic (exact) mass is 625 g/mol. The molecule has 9 heteroatoms. The van der Waals surface area contributed by atoms with Crippen molar-refractivity contribution < 1.29 is 37.4 Å². The molecule has 246 valence electrons. The zero-order valence-electron chi connectivity index (χ0n) is 26.7. The summed E-state index contributed by atoms with van der Waals surface area (Å²) in [6, 6.07) is 6.80. The quantitative estimate of drug-likeness (QED) is 0.285. The Kier molecular flexibility index (Phi) is 10.2. The summed E-state index contributed by atoms with van der Waals surface area (Å²) in [7, 11) is 1.77. The smallest absolute Gasteiger partial charge is 0.374 e. The maximum absolute atomic E-state index is 14.2. The molecule has 2 aromatic rings. The van der Waals surface area contributed by atoms with Gasteiger partial charge in [0.2, 0.25) is 11.7 Å². The molecule has 2 aliphatic carbocycles. The number of furan rings is 1. The van der Waals surface area contributed by atoms with Crippen LogP contribution in [0.5, 0.6) is 0 Å². The van der Waals surface area contributed by atoms with E-state index in [1.165, 1.54) is 0 Å². The van der Waals surface area contributed by atoms with E-state index in [-0.39, 0.29) is 60.5 Å². The van der Waals surface area contributed by atoms with E-state index in [0.717, 1.165) is 68.7 Å². The number of rotatable bonds is 10. The van der Waals surface area contributed by atoms with Gasteiger partial charge in [0.1, 0.15) is 11.7 Å². The molecule has 2 saturated heterocycles. The number of benzene rings is 1. The molecule has 1 unspecified atom stereocenters. The molecule has 6 rings (SSSR count). The summed E-state index contributed by atoms with van der Waals surface area (Å²) in [5, 5.41) is 0.739. The van der Waals surface area contributed by atoms with Gasteiger partial charge >= 0.3 is 5.97 Å². The fourth-order valence-corrected chi connectivity index (χ4v) is 8.44. The number of carbonyl (C=O) groups excluding carboxylic acids is 3. The number of Topliss-reactive ketones (excluding diaryl/α,β-unsaturated/α-hetero) is 1. The van der Waals surface area contributed by atoms with Crippen molar-refractivity contribution in [3.8, 4) is 0 Å². The number of amides is 1. The highest BCUT2D eigenvalue weighted by atomic mass is 19.1. The lowest BCUT2D eigenvalue weighted by atomic mass is 9.74. The number of esters is 1. The SMILES string of the molecule is COC1CCC([C@@H]2CCN(C(=O)C3CCC([C@H](C)CF)CC3)[C@@H]2C(=O)Cc2ccc3oc(C(=O)OC4CCOC4)cc3c2)CC1. The van der Waals surface area contributed by atoms with E-state index in [0.29, 0.717) is 43.6 Å². The number of hydrogen-bond donors (Lipinski definition) is 0. The number of carbonyl (C=O) groups is 3. The van der Waals surface area contributed by atoms with E-state index in [4.69, 9.17) is 18.6 Å². The van der Waals surface area contributed by atoms with Crippen LogP contribution in [-0.4, -0.2) is 74.4 Å². The second kappa shape index (κ2) is 14.3. The van der Waals surface area contributed by atoms with Crippen LogP contribution in [0.15, 0.2) is 28.7 Å². The van der Waals surface area contributed by atoms with Crippen molar-refractivity contribution >= 4 is 28.6 Å². The van der Waals surface area contributed by atoms with Crippen molar-refractivity contribution in [2.75, 3.05) is 33.5 Å². The maximum atomic E-state index is 14.2. The zero-order valence-corrected chi connectivity index (χ0v) is 26.7. The summed E-state index contributed by atoms with van der Waals surface area (Å²) in [5.74, 6) is 0.592. The van der Waals surface area contributed by atoms with Gasteiger partial charge in [-0.1, -0.05) is 13.0 Å². The second-order valence-corrected chi connectivity index (χ2v) is 14.0. The maximum Gasteiger partial charge on any atom is 0.374 e. The first-order valence-corrected chi connectivity index (χ1v) is 17.1. The molecule has 1 aromatic carbocycles. The fourth-order valence-electron chi connectivity index (χ4n) is 8.44. The molecule has 2 aliphatic heterocycles. The molecule has 0 spiro atoms. The number of hydrogen-bond acceptors (Lipinski definition) is 7. The van der Waals surface area contributed by atoms with Crippen molar-refractivity contribution in [1.29, 1.82) is 0 Å². The summed E-state index contributed by atoms with van der Waals surface area (Å²) in [6.45, 7) is 3.24. The Hall–Kier alpha value is -2.78. The lowest BCUT2D eigenvalue weighted by molar-refractivity contribution is -0.143. The topological polar surface area (TPSA) is 95.3 Å². The Morgan fingerprint density at radius 3 is 2.44 bits per heavy atom. The van der Waals surface area contributed by atoms with Crippen LogP contribution in [0.1, 0.15) is 87.3 Å². The summed E-state index contributed by atoms with van der Waals surface area (Å²) in [4.78, 5) is 42.8. The zero-order chi connectivity index (χ0) is 31.5. The minimum absolute atomic E-state index is 0.0324. The summed E-state index contributed by atoms with van der Waals surface area (Å²) in [5.41, 5.74) is 1.39. The van der Waals surface area contributed by atoms with Crippen molar-refractivity contribution in [1.82, 2.24) is 4.90 Å². The normalized spacial score (nSPS) is 31.3. The molecule has 2 saturated carbocycles. The van der Waals surface area contributed by atoms with Crippen LogP contribution in [0, 0.1) is 29.6 Å². The van der Waals surface area contributed by atoms with E-state index >= 15 is 0 Å². The predicted octanol–water partition coefficient (Wildman–Crippen LogP) is 6.32. The molecular formula is C36H48FNO7. The minimum atomic E-state index is -0.515. The molecule has 0 N–H and O–H groups in total. The largest absolute Gasteiger partial charge is 0.454 e. The number of likely N-dealkylation sites (tertiary alicyclic amines) is 1. The molecule has 1 aromatic heterocycles. The van der Waals surface area contributed by atoms with Crippen molar-refractivity contribution in [2.24, 2.45) is 29.6 Å². The van der Waals surface area contributed by atoms with Crippen molar-refractivity contribution in [3.63, 3.8) is 0 Å². The number of halogens is 1. The van der Waals surface area contributed by atoms with Crippen LogP contribution in [-0.2, 0) is 30.2 Å². The average molecular weight is 626 g/mol. The average Bonchev–Trinajstić information content (AvgIpc) is 3.84. The Bertz CT molecular complexity index is 1340. The van der Waals surface area contributed by atoms with Gasteiger partial charge in [0.05, 0.1) is 32.0 Å². The molecule has 0 bridgehead atoms. The third-order valence-corrected chi connectivity index (χ3v) is 11.2. The molecule has 4 atom stereocenters. The summed E-state index contributed by atoms with van der Waals surface area (Å²) < 4.78 is 35.5. The highest BCUT2D eigenvalue weighted by Crippen LogP contribution is 2.42. The van der Waals surface area contributed by atoms with Crippen LogP contribution < -0.4 is 0 Å². The predicted molar refractivity (Wildman–Crippen MR) is 167 cm³/mol. The Morgan fingerprint density at radius 1 is 0.978 bits per heavy atom. The molecule has 4 aliphatic rings. The molecule has 8 nitrogen and oxygen atoms in total. The number of alkyl halides is 1. The molecule has 1 amide bonds. The minimum Gasteiger partial charge on any atom is -0.454 e. The first-order chi connectivity index (χ1) is 21.8. The van der Waals surface area contributed by atoms with E-state index in [2.05, 4.69) is 0 Å². The lowest BCUT2D eigenvalue weighted by Crippen LogP contribution is -2.48. The first-order valence-electron chi connectivity index (χ1n) is 17.1. The van der Waals surface area contributed by atoms with Gasteiger partial charge in [0.15, 0.2) is 5.78 Å². The fraction of sp³-hybridized carbons (Fsp3) is 0.694. The molecule has 4 fully saturated rings. The number of ketones is 1. The van der Waals surface area contributed by atoms with Gasteiger partial charge in [0, 0.05) is 37.8 Å². The third-order valence-electron chi connectivity index (χ3n) is 11.2. The molecular weight excluding hydrogens is 577 g/mol. The van der Waals surface area contributed by atoms with Crippen molar-refractivity contribution in [3.05, 3.63) is 35.6 Å². The van der Waals surface area contributed by atoms with Crippen LogP contribution in [0.4, 0.5) is 4.39 Å². The van der Waals surface area contributed by atoms with E-state index in [1.54, 1.807) is 19.2 Å². The Morgan fingerprint density at radius 2 is 1.76 bits per heavy atom. The van der Waals surface area contributed by atoms with E-state index < -0.39 is 12.0 Å². The number of nitrogens with zero attached hydrogens (tertiary/aromatic N) is 1. The van der Waals surface area contributed by atoms with Gasteiger partial charge in [-0.05, 0) is 105 Å². The van der Waals surface area contributed by atoms with Gasteiger partial charge in [0.25, 0.3) is 0 Å². The summed E-state index contributed by atoms with van der Waals surface area (Å²) >= 11 is 0. The van der Waals surface area contributed by atoms with Crippen LogP contribution in [0.2, 0.25) is 0 Å². The highest BCUT2D eigenvalue weighted by molar-refractivity contribution is 5.94. The Balaban J connectivity index is 1.17. The van der Waals surface area contributed by atoms with Gasteiger partial charge < -0.3 is 23.5 Å². The van der Waals surface area contributed by atoms with Gasteiger partial charge in [-0.2, -0.15) is 0 Å². The number of methoxy groups -OCH3 is 1. The highest BCUT2D eigenvalue weighted by Gasteiger charge is 2.47. The number of fused-ring (bicyclic) bond motifs is 1. The number of ether oxygens (including phenoxy) is 3. The van der Waals surface area contributed by atoms with Crippen LogP contribution >= 0.6 is 0 Å². The molecule has 0 radical (unpaired) electrons. The van der Waals surface area contributed by atoms with Gasteiger partial charge in [-0.25, -0.2) is 4.79 Å². The van der Waals surface area contributed by atoms with E-state index in [1.807, 2.05) is 24.0 Å².